The third-order valence-electron chi connectivity index (χ3n) is 12.0. The Bertz CT molecular complexity index is 980. The summed E-state index contributed by atoms with van der Waals surface area (Å²) in [7, 11) is 0. The van der Waals surface area contributed by atoms with E-state index in [1.807, 2.05) is 0 Å². The molecular weight excluding hydrogens is 468 g/mol. The molecule has 0 radical (unpaired) electrons. The number of esters is 2. The summed E-state index contributed by atoms with van der Waals surface area (Å²) in [6.07, 6.45) is 10.3. The summed E-state index contributed by atoms with van der Waals surface area (Å²) in [4.78, 5) is 24.0. The van der Waals surface area contributed by atoms with E-state index in [1.165, 1.54) is 32.3 Å². The second kappa shape index (κ2) is 8.81. The van der Waals surface area contributed by atoms with Gasteiger partial charge in [0.1, 0.15) is 12.2 Å². The molecule has 6 aliphatic rings. The van der Waals surface area contributed by atoms with Crippen molar-refractivity contribution in [3.05, 3.63) is 11.6 Å². The Morgan fingerprint density at radius 3 is 2.43 bits per heavy atom. The van der Waals surface area contributed by atoms with Crippen LogP contribution in [0, 0.1) is 46.3 Å². The molecule has 4 aliphatic carbocycles. The Hall–Kier alpha value is -1.40. The number of rotatable bonds is 2. The Morgan fingerprint density at radius 1 is 1.00 bits per heavy atom. The van der Waals surface area contributed by atoms with Gasteiger partial charge in [-0.2, -0.15) is 0 Å². The van der Waals surface area contributed by atoms with Gasteiger partial charge in [-0.25, -0.2) is 0 Å². The maximum atomic E-state index is 12.2. The molecule has 5 fully saturated rings. The minimum atomic E-state index is -0.381. The van der Waals surface area contributed by atoms with Crippen LogP contribution in [-0.2, 0) is 28.5 Å². The Morgan fingerprint density at radius 2 is 1.76 bits per heavy atom. The molecule has 3 saturated carbocycles. The largest absolute Gasteiger partial charge is 0.462 e. The molecule has 12 atom stereocenters. The van der Waals surface area contributed by atoms with E-state index in [2.05, 4.69) is 33.8 Å². The van der Waals surface area contributed by atoms with Crippen LogP contribution in [0.3, 0.4) is 0 Å². The summed E-state index contributed by atoms with van der Waals surface area (Å²) in [5.74, 6) is 2.29. The molecule has 0 amide bonds. The lowest BCUT2D eigenvalue weighted by Crippen LogP contribution is -2.57. The van der Waals surface area contributed by atoms with Crippen molar-refractivity contribution in [2.24, 2.45) is 46.3 Å². The molecule has 2 heterocycles. The molecule has 0 bridgehead atoms. The molecule has 0 N–H and O–H groups in total. The summed E-state index contributed by atoms with van der Waals surface area (Å²) in [5.41, 5.74) is 1.36. The lowest BCUT2D eigenvalue weighted by molar-refractivity contribution is -0.272. The maximum absolute atomic E-state index is 12.2. The molecule has 2 saturated heterocycles. The lowest BCUT2D eigenvalue weighted by atomic mass is 9.46. The van der Waals surface area contributed by atoms with Gasteiger partial charge >= 0.3 is 11.9 Å². The summed E-state index contributed by atoms with van der Waals surface area (Å²) in [6.45, 7) is 13.3. The van der Waals surface area contributed by atoms with E-state index >= 15 is 0 Å². The monoisotopic (exact) mass is 514 g/mol. The number of fused-ring (bicyclic) bond motifs is 7. The lowest BCUT2D eigenvalue weighted by Gasteiger charge is -2.60. The second-order valence-corrected chi connectivity index (χ2v) is 13.9. The van der Waals surface area contributed by atoms with Crippen LogP contribution < -0.4 is 0 Å². The number of hydrogen-bond donors (Lipinski definition) is 0. The zero-order valence-electron chi connectivity index (χ0n) is 23.6. The molecule has 6 rings (SSSR count). The van der Waals surface area contributed by atoms with Crippen LogP contribution in [0.5, 0.6) is 0 Å². The number of hydrogen-bond acceptors (Lipinski definition) is 6. The zero-order valence-corrected chi connectivity index (χ0v) is 23.6. The van der Waals surface area contributed by atoms with Gasteiger partial charge in [0.05, 0.1) is 12.7 Å². The van der Waals surface area contributed by atoms with Gasteiger partial charge in [-0.3, -0.25) is 9.59 Å². The van der Waals surface area contributed by atoms with Gasteiger partial charge in [0.15, 0.2) is 5.79 Å². The minimum Gasteiger partial charge on any atom is -0.462 e. The standard InChI is InChI=1S/C31H46O6/c1-17-9-12-31(34-16-17)18(2)28-26(37-31)15-25-23-8-7-21-13-22(35-19(3)32)14-27(36-20(4)33)30(21,6)24(23)10-11-29(25,28)5/h7,17-18,22-28H,8-16H2,1-6H3/t17-,18+,22-,23-,24+,25+,26+,27+,28+,29+,30+,31-/m1/s1. The van der Waals surface area contributed by atoms with Gasteiger partial charge in [0, 0.05) is 44.4 Å². The highest BCUT2D eigenvalue weighted by molar-refractivity contribution is 5.67. The predicted octanol–water partition coefficient (Wildman–Crippen LogP) is 5.83. The van der Waals surface area contributed by atoms with Crippen molar-refractivity contribution in [2.45, 2.75) is 117 Å². The zero-order chi connectivity index (χ0) is 26.3. The van der Waals surface area contributed by atoms with Crippen LogP contribution in [0.15, 0.2) is 11.6 Å². The number of ether oxygens (including phenoxy) is 4. The van der Waals surface area contributed by atoms with Crippen molar-refractivity contribution >= 4 is 11.9 Å². The molecule has 6 heteroatoms. The third-order valence-corrected chi connectivity index (χ3v) is 12.0. The molecule has 0 aromatic carbocycles. The van der Waals surface area contributed by atoms with Gasteiger partial charge in [-0.1, -0.05) is 39.3 Å². The molecule has 0 aromatic rings. The fourth-order valence-corrected chi connectivity index (χ4v) is 10.4. The van der Waals surface area contributed by atoms with Gasteiger partial charge in [0.2, 0.25) is 0 Å². The Balaban J connectivity index is 1.28. The Labute approximate surface area is 222 Å². The van der Waals surface area contributed by atoms with Crippen molar-refractivity contribution < 1.29 is 28.5 Å². The van der Waals surface area contributed by atoms with Gasteiger partial charge in [0.25, 0.3) is 0 Å². The van der Waals surface area contributed by atoms with Crippen molar-refractivity contribution in [2.75, 3.05) is 6.61 Å². The van der Waals surface area contributed by atoms with E-state index in [-0.39, 0.29) is 46.9 Å². The topological polar surface area (TPSA) is 71.1 Å². The van der Waals surface area contributed by atoms with Gasteiger partial charge in [-0.15, -0.1) is 0 Å². The third kappa shape index (κ3) is 3.78. The van der Waals surface area contributed by atoms with Crippen molar-refractivity contribution in [3.8, 4) is 0 Å². The molecule has 0 unspecified atom stereocenters. The minimum absolute atomic E-state index is 0.208. The molecule has 37 heavy (non-hydrogen) atoms. The average Bonchev–Trinajstić information content (AvgIpc) is 3.26. The summed E-state index contributed by atoms with van der Waals surface area (Å²) < 4.78 is 25.1. The van der Waals surface area contributed by atoms with E-state index < -0.39 is 0 Å². The first-order valence-electron chi connectivity index (χ1n) is 14.8. The maximum Gasteiger partial charge on any atom is 0.302 e. The highest BCUT2D eigenvalue weighted by atomic mass is 16.7. The van der Waals surface area contributed by atoms with E-state index in [9.17, 15) is 9.59 Å². The van der Waals surface area contributed by atoms with Crippen LogP contribution in [0.25, 0.3) is 0 Å². The SMILES string of the molecule is CC(=O)O[C@@H]1CC2=CC[C@H]3[C@@H]4C[C@@H]5O[C@]6(CC[C@@H](C)CO6)[C@@H](C)[C@@H]5[C@@]4(C)CC[C@@H]3[C@@]2(C)[C@@H](OC(C)=O)C1. The van der Waals surface area contributed by atoms with Crippen LogP contribution >= 0.6 is 0 Å². The van der Waals surface area contributed by atoms with Crippen LogP contribution in [0.2, 0.25) is 0 Å². The highest BCUT2D eigenvalue weighted by Gasteiger charge is 2.69. The van der Waals surface area contributed by atoms with Gasteiger partial charge < -0.3 is 18.9 Å². The number of carbonyl (C=O) groups is 2. The van der Waals surface area contributed by atoms with E-state index in [4.69, 9.17) is 18.9 Å². The smallest absolute Gasteiger partial charge is 0.302 e. The Kier molecular flexibility index (Phi) is 6.15. The predicted molar refractivity (Wildman–Crippen MR) is 138 cm³/mol. The summed E-state index contributed by atoms with van der Waals surface area (Å²) in [6, 6.07) is 0. The fraction of sp³-hybridized carbons (Fsp3) is 0.871. The highest BCUT2D eigenvalue weighted by Crippen LogP contribution is 2.70. The molecule has 206 valence electrons. The average molecular weight is 515 g/mol. The van der Waals surface area contributed by atoms with E-state index in [0.717, 1.165) is 38.7 Å². The second-order valence-electron chi connectivity index (χ2n) is 13.9. The molecular formula is C31H46O6. The van der Waals surface area contributed by atoms with E-state index in [0.29, 0.717) is 41.9 Å². The van der Waals surface area contributed by atoms with Gasteiger partial charge in [-0.05, 0) is 67.1 Å². The molecule has 6 nitrogen and oxygen atoms in total. The first-order valence-corrected chi connectivity index (χ1v) is 14.8. The van der Waals surface area contributed by atoms with Crippen molar-refractivity contribution in [3.63, 3.8) is 0 Å². The van der Waals surface area contributed by atoms with Crippen LogP contribution in [-0.4, -0.2) is 42.6 Å². The van der Waals surface area contributed by atoms with Crippen LogP contribution in [0.1, 0.15) is 92.9 Å². The fourth-order valence-electron chi connectivity index (χ4n) is 10.4. The summed E-state index contributed by atoms with van der Waals surface area (Å²) >= 11 is 0. The van der Waals surface area contributed by atoms with Crippen molar-refractivity contribution in [1.29, 1.82) is 0 Å². The number of allylic oxidation sites excluding steroid dienone is 1. The summed E-state index contributed by atoms with van der Waals surface area (Å²) in [5, 5.41) is 0. The van der Waals surface area contributed by atoms with Crippen LogP contribution in [0.4, 0.5) is 0 Å². The van der Waals surface area contributed by atoms with Crippen molar-refractivity contribution in [1.82, 2.24) is 0 Å². The molecule has 1 spiro atoms. The quantitative estimate of drug-likeness (QED) is 0.341. The molecule has 0 aromatic heterocycles. The number of carbonyl (C=O) groups excluding carboxylic acids is 2. The van der Waals surface area contributed by atoms with E-state index in [1.54, 1.807) is 0 Å². The normalized spacial score (nSPS) is 52.4. The molecule has 2 aliphatic heterocycles. The first-order chi connectivity index (χ1) is 17.5. The first kappa shape index (κ1) is 25.9.